The highest BCUT2D eigenvalue weighted by Crippen LogP contribution is 2.16. The molecule has 106 valence electrons. The third kappa shape index (κ3) is 3.58. The summed E-state index contributed by atoms with van der Waals surface area (Å²) in [5.41, 5.74) is 4.79. The summed E-state index contributed by atoms with van der Waals surface area (Å²) < 4.78 is 1.84. The Morgan fingerprint density at radius 3 is 3.00 bits per heavy atom. The number of hydrogen-bond donors (Lipinski definition) is 3. The maximum absolute atomic E-state index is 12.1. The van der Waals surface area contributed by atoms with Crippen molar-refractivity contribution in [2.75, 3.05) is 12.0 Å². The molecule has 0 saturated heterocycles. The van der Waals surface area contributed by atoms with Crippen molar-refractivity contribution < 1.29 is 4.79 Å². The van der Waals surface area contributed by atoms with Crippen LogP contribution >= 0.6 is 0 Å². The van der Waals surface area contributed by atoms with Crippen LogP contribution in [-0.2, 0) is 6.54 Å². The minimum absolute atomic E-state index is 0.126. The van der Waals surface area contributed by atoms with Gasteiger partial charge in [0.05, 0.1) is 11.3 Å². The molecule has 1 aromatic carbocycles. The Labute approximate surface area is 117 Å². The van der Waals surface area contributed by atoms with E-state index in [4.69, 9.17) is 5.84 Å². The molecule has 0 spiro atoms. The van der Waals surface area contributed by atoms with Crippen molar-refractivity contribution >= 4 is 11.6 Å². The Bertz CT molecular complexity index is 565. The first-order valence-electron chi connectivity index (χ1n) is 6.53. The highest BCUT2D eigenvalue weighted by Gasteiger charge is 2.10. The van der Waals surface area contributed by atoms with Crippen LogP contribution in [0.4, 0.5) is 5.69 Å². The molecule has 0 saturated carbocycles. The fraction of sp³-hybridized carbons (Fsp3) is 0.286. The van der Waals surface area contributed by atoms with Crippen LogP contribution in [-0.4, -0.2) is 22.2 Å². The van der Waals surface area contributed by atoms with Gasteiger partial charge in [0.25, 0.3) is 5.91 Å². The first-order valence-corrected chi connectivity index (χ1v) is 6.53. The van der Waals surface area contributed by atoms with Gasteiger partial charge in [-0.3, -0.25) is 15.3 Å². The fourth-order valence-corrected chi connectivity index (χ4v) is 1.95. The molecule has 1 heterocycles. The predicted octanol–water partition coefficient (Wildman–Crippen LogP) is 1.30. The van der Waals surface area contributed by atoms with E-state index in [9.17, 15) is 4.79 Å². The molecule has 6 nitrogen and oxygen atoms in total. The van der Waals surface area contributed by atoms with Crippen molar-refractivity contribution in [1.29, 1.82) is 0 Å². The van der Waals surface area contributed by atoms with Crippen molar-refractivity contribution in [3.8, 4) is 0 Å². The molecule has 20 heavy (non-hydrogen) atoms. The summed E-state index contributed by atoms with van der Waals surface area (Å²) >= 11 is 0. The molecule has 1 amide bonds. The van der Waals surface area contributed by atoms with E-state index >= 15 is 0 Å². The summed E-state index contributed by atoms with van der Waals surface area (Å²) in [6.07, 6.45) is 4.47. The number of hydrazine groups is 1. The summed E-state index contributed by atoms with van der Waals surface area (Å²) in [5, 5.41) is 6.99. The molecule has 4 N–H and O–H groups in total. The van der Waals surface area contributed by atoms with Gasteiger partial charge in [-0.25, -0.2) is 0 Å². The molecule has 0 bridgehead atoms. The number of benzene rings is 1. The number of amides is 1. The zero-order valence-electron chi connectivity index (χ0n) is 11.5. The molecule has 1 aromatic heterocycles. The average Bonchev–Trinajstić information content (AvgIpc) is 2.96. The number of anilines is 1. The maximum atomic E-state index is 12.1. The van der Waals surface area contributed by atoms with E-state index in [1.54, 1.807) is 12.3 Å². The van der Waals surface area contributed by atoms with Gasteiger partial charge in [-0.1, -0.05) is 6.07 Å². The lowest BCUT2D eigenvalue weighted by atomic mass is 10.1. The lowest BCUT2D eigenvalue weighted by molar-refractivity contribution is 0.0953. The van der Waals surface area contributed by atoms with Gasteiger partial charge in [-0.05, 0) is 37.1 Å². The summed E-state index contributed by atoms with van der Waals surface area (Å²) in [7, 11) is 0. The highest BCUT2D eigenvalue weighted by atomic mass is 16.1. The third-order valence-corrected chi connectivity index (χ3v) is 2.98. The second-order valence-electron chi connectivity index (χ2n) is 4.57. The maximum Gasteiger partial charge on any atom is 0.253 e. The molecular formula is C14H19N5O. The molecule has 0 aliphatic rings. The zero-order chi connectivity index (χ0) is 14.4. The van der Waals surface area contributed by atoms with Gasteiger partial charge in [0.1, 0.15) is 0 Å². The van der Waals surface area contributed by atoms with Gasteiger partial charge in [0.15, 0.2) is 0 Å². The molecule has 0 radical (unpaired) electrons. The number of hydrogen-bond acceptors (Lipinski definition) is 4. The van der Waals surface area contributed by atoms with Gasteiger partial charge < -0.3 is 10.7 Å². The van der Waals surface area contributed by atoms with Crippen LogP contribution in [0.2, 0.25) is 0 Å². The van der Waals surface area contributed by atoms with Crippen LogP contribution in [0.25, 0.3) is 0 Å². The predicted molar refractivity (Wildman–Crippen MR) is 78.2 cm³/mol. The number of carbonyl (C=O) groups excluding carboxylic acids is 1. The first-order chi connectivity index (χ1) is 9.70. The van der Waals surface area contributed by atoms with Crippen molar-refractivity contribution in [2.45, 2.75) is 19.9 Å². The number of aromatic nitrogens is 2. The van der Waals surface area contributed by atoms with Crippen LogP contribution in [0.3, 0.4) is 0 Å². The van der Waals surface area contributed by atoms with Gasteiger partial charge in [0.2, 0.25) is 0 Å². The number of nitrogens with zero attached hydrogens (tertiary/aromatic N) is 2. The summed E-state index contributed by atoms with van der Waals surface area (Å²) in [6, 6.07) is 7.38. The Kier molecular flexibility index (Phi) is 4.73. The van der Waals surface area contributed by atoms with Crippen LogP contribution < -0.4 is 16.6 Å². The number of aryl methyl sites for hydroxylation is 2. The SMILES string of the molecule is Cc1ccc(C(=O)NCCCn2cccn2)c(NN)c1. The Balaban J connectivity index is 1.85. The van der Waals surface area contributed by atoms with Crippen LogP contribution in [0.1, 0.15) is 22.3 Å². The number of nitrogen functional groups attached to an aromatic ring is 1. The van der Waals surface area contributed by atoms with Crippen molar-refractivity contribution in [1.82, 2.24) is 15.1 Å². The largest absolute Gasteiger partial charge is 0.352 e. The second-order valence-corrected chi connectivity index (χ2v) is 4.57. The Morgan fingerprint density at radius 2 is 2.30 bits per heavy atom. The standard InChI is InChI=1S/C14H19N5O/c1-11-4-5-12(13(10-11)18-15)14(20)16-6-2-8-19-9-3-7-17-19/h3-5,7,9-10,18H,2,6,8,15H2,1H3,(H,16,20). The quantitative estimate of drug-likeness (QED) is 0.421. The molecule has 0 atom stereocenters. The molecule has 6 heteroatoms. The van der Waals surface area contributed by atoms with Crippen LogP contribution in [0.5, 0.6) is 0 Å². The van der Waals surface area contributed by atoms with Crippen LogP contribution in [0, 0.1) is 6.92 Å². The lowest BCUT2D eigenvalue weighted by Crippen LogP contribution is -2.27. The van der Waals surface area contributed by atoms with E-state index in [0.29, 0.717) is 17.8 Å². The fourth-order valence-electron chi connectivity index (χ4n) is 1.95. The lowest BCUT2D eigenvalue weighted by Gasteiger charge is -2.10. The Morgan fingerprint density at radius 1 is 1.45 bits per heavy atom. The van der Waals surface area contributed by atoms with E-state index in [1.165, 1.54) is 0 Å². The van der Waals surface area contributed by atoms with Crippen LogP contribution in [0.15, 0.2) is 36.7 Å². The smallest absolute Gasteiger partial charge is 0.253 e. The summed E-state index contributed by atoms with van der Waals surface area (Å²) in [6.45, 7) is 3.33. The van der Waals surface area contributed by atoms with Crippen molar-refractivity contribution in [3.05, 3.63) is 47.8 Å². The van der Waals surface area contributed by atoms with E-state index in [-0.39, 0.29) is 5.91 Å². The van der Waals surface area contributed by atoms with E-state index in [0.717, 1.165) is 18.5 Å². The summed E-state index contributed by atoms with van der Waals surface area (Å²) in [4.78, 5) is 12.1. The molecule has 0 aliphatic carbocycles. The molecule has 0 aliphatic heterocycles. The molecule has 0 unspecified atom stereocenters. The normalized spacial score (nSPS) is 10.3. The molecule has 0 fully saturated rings. The van der Waals surface area contributed by atoms with Gasteiger partial charge >= 0.3 is 0 Å². The first kappa shape index (κ1) is 14.1. The molecular weight excluding hydrogens is 254 g/mol. The number of carbonyl (C=O) groups is 1. The minimum Gasteiger partial charge on any atom is -0.352 e. The monoisotopic (exact) mass is 273 g/mol. The summed E-state index contributed by atoms with van der Waals surface area (Å²) in [5.74, 6) is 5.31. The number of nitrogens with two attached hydrogens (primary N) is 1. The third-order valence-electron chi connectivity index (χ3n) is 2.98. The van der Waals surface area contributed by atoms with E-state index in [2.05, 4.69) is 15.8 Å². The van der Waals surface area contributed by atoms with E-state index < -0.39 is 0 Å². The average molecular weight is 273 g/mol. The minimum atomic E-state index is -0.126. The van der Waals surface area contributed by atoms with Gasteiger partial charge in [-0.2, -0.15) is 5.10 Å². The number of rotatable bonds is 6. The molecule has 2 rings (SSSR count). The number of nitrogens with one attached hydrogen (secondary N) is 2. The second kappa shape index (κ2) is 6.72. The van der Waals surface area contributed by atoms with Crippen molar-refractivity contribution in [2.24, 2.45) is 5.84 Å². The highest BCUT2D eigenvalue weighted by molar-refractivity contribution is 5.99. The van der Waals surface area contributed by atoms with Gasteiger partial charge in [-0.15, -0.1) is 0 Å². The van der Waals surface area contributed by atoms with Crippen molar-refractivity contribution in [3.63, 3.8) is 0 Å². The van der Waals surface area contributed by atoms with E-state index in [1.807, 2.05) is 36.0 Å². The zero-order valence-corrected chi connectivity index (χ0v) is 11.5. The Hall–Kier alpha value is -2.34. The molecule has 2 aromatic rings. The van der Waals surface area contributed by atoms with Gasteiger partial charge in [0, 0.05) is 25.5 Å². The topological polar surface area (TPSA) is 85.0 Å².